The Balaban J connectivity index is 1.72. The van der Waals surface area contributed by atoms with Crippen LogP contribution in [0.4, 0.5) is 0 Å². The molecule has 2 heteroatoms. The molecule has 0 heterocycles. The minimum atomic E-state index is -1.55. The highest BCUT2D eigenvalue weighted by atomic mass is 28.3. The van der Waals surface area contributed by atoms with Gasteiger partial charge in [0.1, 0.15) is 0 Å². The summed E-state index contributed by atoms with van der Waals surface area (Å²) in [6.45, 7) is 17.7. The Hall–Kier alpha value is -2.43. The first-order valence-corrected chi connectivity index (χ1v) is 18.1. The topological polar surface area (TPSA) is 0 Å². The van der Waals surface area contributed by atoms with Crippen LogP contribution in [0.2, 0.25) is 26.2 Å². The van der Waals surface area contributed by atoms with Crippen molar-refractivity contribution in [3.05, 3.63) is 120 Å². The van der Waals surface area contributed by atoms with Crippen LogP contribution in [0, 0.1) is 0 Å². The fourth-order valence-corrected chi connectivity index (χ4v) is 9.74. The Labute approximate surface area is 197 Å². The van der Waals surface area contributed by atoms with E-state index in [0.717, 1.165) is 12.8 Å². The summed E-state index contributed by atoms with van der Waals surface area (Å²) in [6, 6.07) is 30.1. The van der Waals surface area contributed by atoms with Crippen LogP contribution in [-0.2, 0) is 24.9 Å². The van der Waals surface area contributed by atoms with Gasteiger partial charge in [-0.2, -0.15) is 0 Å². The monoisotopic (exact) mass is 454 g/mol. The molecule has 166 valence electrons. The van der Waals surface area contributed by atoms with Crippen molar-refractivity contribution in [3.8, 4) is 0 Å². The number of rotatable bonds is 10. The largest absolute Gasteiger partial charge is 0.103 e. The fourth-order valence-electron chi connectivity index (χ4n) is 4.57. The van der Waals surface area contributed by atoms with Crippen molar-refractivity contribution in [3.63, 3.8) is 0 Å². The molecule has 0 saturated carbocycles. The van der Waals surface area contributed by atoms with E-state index in [1.54, 1.807) is 0 Å². The van der Waals surface area contributed by atoms with E-state index >= 15 is 0 Å². The van der Waals surface area contributed by atoms with Gasteiger partial charge in [-0.05, 0) is 36.1 Å². The highest BCUT2D eigenvalue weighted by Gasteiger charge is 2.26. The summed E-state index contributed by atoms with van der Waals surface area (Å²) in [5, 5.41) is 3.07. The number of benzene rings is 3. The first kappa shape index (κ1) is 24.2. The summed E-state index contributed by atoms with van der Waals surface area (Å²) < 4.78 is 0. The van der Waals surface area contributed by atoms with Gasteiger partial charge in [0.25, 0.3) is 0 Å². The predicted molar refractivity (Wildman–Crippen MR) is 149 cm³/mol. The molecule has 0 radical (unpaired) electrons. The van der Waals surface area contributed by atoms with Gasteiger partial charge in [-0.1, -0.05) is 133 Å². The first-order valence-electron chi connectivity index (χ1n) is 11.7. The molecule has 0 nitrogen and oxygen atoms in total. The maximum Gasteiger partial charge on any atom is 0.0849 e. The zero-order valence-electron chi connectivity index (χ0n) is 20.3. The van der Waals surface area contributed by atoms with Gasteiger partial charge in [0.05, 0.1) is 16.1 Å². The van der Waals surface area contributed by atoms with Crippen LogP contribution in [0.15, 0.2) is 98.1 Å². The Morgan fingerprint density at radius 3 is 1.28 bits per heavy atom. The summed E-state index contributed by atoms with van der Waals surface area (Å²) in [5.74, 6) is 0. The van der Waals surface area contributed by atoms with Crippen molar-refractivity contribution in [1.29, 1.82) is 0 Å². The molecule has 0 spiro atoms. The lowest BCUT2D eigenvalue weighted by atomic mass is 10.1. The maximum absolute atomic E-state index is 3.89. The molecule has 3 aromatic carbocycles. The molecule has 0 aliphatic rings. The molecular formula is C30H38Si2. The fraction of sp³-hybridized carbons (Fsp3) is 0.267. The second-order valence-electron chi connectivity index (χ2n) is 10.3. The van der Waals surface area contributed by atoms with E-state index in [0.29, 0.717) is 0 Å². The third kappa shape index (κ3) is 6.30. The Morgan fingerprint density at radius 1 is 0.562 bits per heavy atom. The molecular weight excluding hydrogens is 417 g/mol. The van der Waals surface area contributed by atoms with Crippen molar-refractivity contribution >= 4 is 26.5 Å². The average Bonchev–Trinajstić information content (AvgIpc) is 2.76. The van der Waals surface area contributed by atoms with Crippen molar-refractivity contribution in [1.82, 2.24) is 0 Å². The first-order chi connectivity index (χ1) is 15.2. The number of hydrogen-bond donors (Lipinski definition) is 0. The third-order valence-corrected chi connectivity index (χ3v) is 12.8. The predicted octanol–water partition coefficient (Wildman–Crippen LogP) is 6.54. The van der Waals surface area contributed by atoms with Crippen molar-refractivity contribution < 1.29 is 0 Å². The standard InChI is InChI=1S/C30H38Si2/c1-7-11-25-13-9-15-29(21-25)31(3,4)23-27-17-19-28(20-18-27)24-32(5,6)30-16-10-14-26(22-30)12-8-2/h7-10,13-22H,1-2,11-12,23-24H2,3-6H3. The minimum Gasteiger partial charge on any atom is -0.103 e. The molecule has 0 N–H and O–H groups in total. The Morgan fingerprint density at radius 2 is 0.938 bits per heavy atom. The molecule has 0 aromatic heterocycles. The van der Waals surface area contributed by atoms with Gasteiger partial charge in [-0.3, -0.25) is 0 Å². The quantitative estimate of drug-likeness (QED) is 0.241. The van der Waals surface area contributed by atoms with E-state index in [1.807, 2.05) is 12.2 Å². The molecule has 0 aliphatic carbocycles. The lowest BCUT2D eigenvalue weighted by Crippen LogP contribution is -2.44. The van der Waals surface area contributed by atoms with Crippen molar-refractivity contribution in [2.45, 2.75) is 51.1 Å². The van der Waals surface area contributed by atoms with E-state index in [2.05, 4.69) is 112 Å². The number of hydrogen-bond acceptors (Lipinski definition) is 0. The molecule has 0 saturated heterocycles. The lowest BCUT2D eigenvalue weighted by Gasteiger charge is -2.25. The van der Waals surface area contributed by atoms with Gasteiger partial charge < -0.3 is 0 Å². The van der Waals surface area contributed by atoms with E-state index in [9.17, 15) is 0 Å². The molecule has 3 aromatic rings. The molecule has 3 rings (SSSR count). The minimum absolute atomic E-state index is 0.948. The summed E-state index contributed by atoms with van der Waals surface area (Å²) in [4.78, 5) is 0. The van der Waals surface area contributed by atoms with Crippen molar-refractivity contribution in [2.75, 3.05) is 0 Å². The van der Waals surface area contributed by atoms with E-state index in [1.165, 1.54) is 44.7 Å². The lowest BCUT2D eigenvalue weighted by molar-refractivity contribution is 1.25. The molecule has 0 fully saturated rings. The van der Waals surface area contributed by atoms with Crippen LogP contribution in [-0.4, -0.2) is 16.1 Å². The Kier molecular flexibility index (Phi) is 7.92. The summed E-state index contributed by atoms with van der Waals surface area (Å²) >= 11 is 0. The smallest absolute Gasteiger partial charge is 0.0849 e. The number of allylic oxidation sites excluding steroid dienone is 2. The second-order valence-corrected chi connectivity index (χ2v) is 19.7. The molecule has 32 heavy (non-hydrogen) atoms. The van der Waals surface area contributed by atoms with Gasteiger partial charge in [0, 0.05) is 0 Å². The van der Waals surface area contributed by atoms with Gasteiger partial charge in [0.2, 0.25) is 0 Å². The SMILES string of the molecule is C=CCc1cccc([Si](C)(C)Cc2ccc(C[Si](C)(C)c3cccc(CC=C)c3)cc2)c1. The zero-order chi connectivity index (χ0) is 23.2. The van der Waals surface area contributed by atoms with Gasteiger partial charge in [0.15, 0.2) is 0 Å². The van der Waals surface area contributed by atoms with E-state index < -0.39 is 16.1 Å². The van der Waals surface area contributed by atoms with Gasteiger partial charge >= 0.3 is 0 Å². The van der Waals surface area contributed by atoms with E-state index in [4.69, 9.17) is 0 Å². The van der Waals surface area contributed by atoms with Crippen LogP contribution >= 0.6 is 0 Å². The van der Waals surface area contributed by atoms with E-state index in [-0.39, 0.29) is 0 Å². The van der Waals surface area contributed by atoms with Crippen molar-refractivity contribution in [2.24, 2.45) is 0 Å². The van der Waals surface area contributed by atoms with Gasteiger partial charge in [-0.25, -0.2) is 0 Å². The highest BCUT2D eigenvalue weighted by molar-refractivity contribution is 6.89. The van der Waals surface area contributed by atoms with Crippen LogP contribution in [0.3, 0.4) is 0 Å². The molecule has 0 unspecified atom stereocenters. The van der Waals surface area contributed by atoms with Crippen LogP contribution in [0.25, 0.3) is 0 Å². The second kappa shape index (κ2) is 10.5. The normalized spacial score (nSPS) is 11.9. The third-order valence-electron chi connectivity index (χ3n) is 6.49. The van der Waals surface area contributed by atoms with Crippen LogP contribution < -0.4 is 10.4 Å². The zero-order valence-corrected chi connectivity index (χ0v) is 22.3. The molecule has 0 aliphatic heterocycles. The summed E-state index contributed by atoms with van der Waals surface area (Å²) in [6.07, 6.45) is 5.88. The molecule has 0 amide bonds. The van der Waals surface area contributed by atoms with Gasteiger partial charge in [-0.15, -0.1) is 13.2 Å². The molecule has 0 bridgehead atoms. The van der Waals surface area contributed by atoms with Crippen LogP contribution in [0.5, 0.6) is 0 Å². The van der Waals surface area contributed by atoms with Crippen LogP contribution in [0.1, 0.15) is 22.3 Å². The molecule has 0 atom stereocenters. The summed E-state index contributed by atoms with van der Waals surface area (Å²) in [7, 11) is -3.09. The highest BCUT2D eigenvalue weighted by Crippen LogP contribution is 2.18. The summed E-state index contributed by atoms with van der Waals surface area (Å²) in [5.41, 5.74) is 5.68. The average molecular weight is 455 g/mol. The maximum atomic E-state index is 3.89. The Bertz CT molecular complexity index is 972.